The molecule has 1 aromatic rings. The molecule has 0 radical (unpaired) electrons. The largest absolute Gasteiger partial charge is 0.355 e. The van der Waals surface area contributed by atoms with E-state index in [2.05, 4.69) is 15.3 Å². The second kappa shape index (κ2) is 6.27. The van der Waals surface area contributed by atoms with Crippen molar-refractivity contribution in [2.75, 3.05) is 25.0 Å². The number of nitrogens with one attached hydrogen (secondary N) is 1. The van der Waals surface area contributed by atoms with E-state index in [-0.39, 0.29) is 17.7 Å². The van der Waals surface area contributed by atoms with E-state index in [0.717, 1.165) is 6.42 Å². The Balaban J connectivity index is 2.52. The summed E-state index contributed by atoms with van der Waals surface area (Å²) in [6, 6.07) is 1.71. The van der Waals surface area contributed by atoms with Gasteiger partial charge in [0.25, 0.3) is 0 Å². The maximum absolute atomic E-state index is 11.4. The van der Waals surface area contributed by atoms with E-state index in [0.29, 0.717) is 12.4 Å². The van der Waals surface area contributed by atoms with Crippen molar-refractivity contribution in [2.24, 2.45) is 0 Å². The lowest BCUT2D eigenvalue weighted by molar-refractivity contribution is -0.119. The van der Waals surface area contributed by atoms with Crippen molar-refractivity contribution in [3.05, 3.63) is 17.5 Å². The van der Waals surface area contributed by atoms with E-state index in [9.17, 15) is 4.79 Å². The lowest BCUT2D eigenvalue weighted by Crippen LogP contribution is -2.35. The first-order valence-electron chi connectivity index (χ1n) is 5.10. The predicted octanol–water partition coefficient (Wildman–Crippen LogP) is 1.09. The molecule has 1 heterocycles. The Bertz CT molecular complexity index is 358. The number of likely N-dealkylation sites (N-methyl/N-ethyl adjacent to an activating group) is 1. The highest BCUT2D eigenvalue weighted by atomic mass is 35.5. The van der Waals surface area contributed by atoms with Crippen molar-refractivity contribution >= 4 is 23.3 Å². The summed E-state index contributed by atoms with van der Waals surface area (Å²) < 4.78 is 0. The first kappa shape index (κ1) is 12.7. The third-order valence-corrected chi connectivity index (χ3v) is 2.14. The third-order valence-electron chi connectivity index (χ3n) is 1.96. The van der Waals surface area contributed by atoms with E-state index in [1.54, 1.807) is 24.2 Å². The van der Waals surface area contributed by atoms with Crippen LogP contribution in [0.4, 0.5) is 5.82 Å². The first-order valence-corrected chi connectivity index (χ1v) is 5.47. The average molecular weight is 243 g/mol. The Hall–Kier alpha value is -1.36. The number of hydrogen-bond donors (Lipinski definition) is 1. The van der Waals surface area contributed by atoms with Crippen LogP contribution in [-0.4, -0.2) is 36.0 Å². The maximum Gasteiger partial charge on any atom is 0.239 e. The molecule has 1 rings (SSSR count). The highest BCUT2D eigenvalue weighted by Crippen LogP contribution is 2.09. The van der Waals surface area contributed by atoms with Crippen LogP contribution in [0.25, 0.3) is 0 Å². The van der Waals surface area contributed by atoms with Gasteiger partial charge in [-0.05, 0) is 24.1 Å². The van der Waals surface area contributed by atoms with Gasteiger partial charge in [-0.25, -0.2) is 9.97 Å². The van der Waals surface area contributed by atoms with Gasteiger partial charge in [0.15, 0.2) is 0 Å². The standard InChI is InChI=1S/C10H15ClN4O/c1-3-5-12-9(16)7-15(2)8-4-6-13-10(11)14-8/h4,6H,3,5,7H2,1-2H3,(H,12,16). The van der Waals surface area contributed by atoms with Crippen LogP contribution in [0.15, 0.2) is 12.3 Å². The van der Waals surface area contributed by atoms with Gasteiger partial charge in [-0.1, -0.05) is 6.92 Å². The minimum Gasteiger partial charge on any atom is -0.355 e. The number of carbonyl (C=O) groups is 1. The van der Waals surface area contributed by atoms with Crippen molar-refractivity contribution in [2.45, 2.75) is 13.3 Å². The van der Waals surface area contributed by atoms with E-state index < -0.39 is 0 Å². The van der Waals surface area contributed by atoms with E-state index >= 15 is 0 Å². The smallest absolute Gasteiger partial charge is 0.239 e. The number of anilines is 1. The molecule has 0 bridgehead atoms. The molecule has 6 heteroatoms. The summed E-state index contributed by atoms with van der Waals surface area (Å²) >= 11 is 5.66. The van der Waals surface area contributed by atoms with Gasteiger partial charge in [0.1, 0.15) is 5.82 Å². The van der Waals surface area contributed by atoms with Gasteiger partial charge in [0.05, 0.1) is 6.54 Å². The topological polar surface area (TPSA) is 58.1 Å². The fraction of sp³-hybridized carbons (Fsp3) is 0.500. The molecule has 0 aromatic carbocycles. The van der Waals surface area contributed by atoms with Crippen molar-refractivity contribution in [1.29, 1.82) is 0 Å². The van der Waals surface area contributed by atoms with Crippen molar-refractivity contribution in [1.82, 2.24) is 15.3 Å². The fourth-order valence-electron chi connectivity index (χ4n) is 1.16. The van der Waals surface area contributed by atoms with Gasteiger partial charge >= 0.3 is 0 Å². The lowest BCUT2D eigenvalue weighted by atomic mass is 10.4. The zero-order valence-electron chi connectivity index (χ0n) is 9.40. The van der Waals surface area contributed by atoms with Crippen LogP contribution in [0.1, 0.15) is 13.3 Å². The quantitative estimate of drug-likeness (QED) is 0.786. The van der Waals surface area contributed by atoms with E-state index in [4.69, 9.17) is 11.6 Å². The molecule has 5 nitrogen and oxygen atoms in total. The Morgan fingerprint density at radius 1 is 1.62 bits per heavy atom. The molecule has 0 aliphatic carbocycles. The number of hydrogen-bond acceptors (Lipinski definition) is 4. The summed E-state index contributed by atoms with van der Waals surface area (Å²) in [5.74, 6) is 0.603. The van der Waals surface area contributed by atoms with Gasteiger partial charge < -0.3 is 10.2 Å². The first-order chi connectivity index (χ1) is 7.63. The molecular formula is C10H15ClN4O. The third kappa shape index (κ3) is 4.02. The fourth-order valence-corrected chi connectivity index (χ4v) is 1.30. The summed E-state index contributed by atoms with van der Waals surface area (Å²) in [4.78, 5) is 20.9. The van der Waals surface area contributed by atoms with Crippen LogP contribution in [-0.2, 0) is 4.79 Å². The minimum absolute atomic E-state index is 0.0286. The average Bonchev–Trinajstić information content (AvgIpc) is 2.26. The molecule has 0 aliphatic rings. The molecule has 88 valence electrons. The summed E-state index contributed by atoms with van der Waals surface area (Å²) in [5.41, 5.74) is 0. The van der Waals surface area contributed by atoms with Crippen LogP contribution in [0.3, 0.4) is 0 Å². The SMILES string of the molecule is CCCNC(=O)CN(C)c1ccnc(Cl)n1. The number of amides is 1. The van der Waals surface area contributed by atoms with Crippen LogP contribution in [0.2, 0.25) is 5.28 Å². The number of aromatic nitrogens is 2. The van der Waals surface area contributed by atoms with Gasteiger partial charge in [-0.15, -0.1) is 0 Å². The highest BCUT2D eigenvalue weighted by molar-refractivity contribution is 6.28. The monoisotopic (exact) mass is 242 g/mol. The van der Waals surface area contributed by atoms with Crippen molar-refractivity contribution in [3.63, 3.8) is 0 Å². The zero-order valence-corrected chi connectivity index (χ0v) is 10.2. The maximum atomic E-state index is 11.4. The lowest BCUT2D eigenvalue weighted by Gasteiger charge is -2.17. The number of nitrogens with zero attached hydrogens (tertiary/aromatic N) is 3. The van der Waals surface area contributed by atoms with Gasteiger partial charge in [0.2, 0.25) is 11.2 Å². The molecular weight excluding hydrogens is 228 g/mol. The van der Waals surface area contributed by atoms with Gasteiger partial charge in [0, 0.05) is 19.8 Å². The number of carbonyl (C=O) groups excluding carboxylic acids is 1. The molecule has 0 saturated carbocycles. The Labute approximate surface area is 99.8 Å². The minimum atomic E-state index is -0.0286. The molecule has 0 unspecified atom stereocenters. The number of rotatable bonds is 5. The van der Waals surface area contributed by atoms with Crippen LogP contribution in [0.5, 0.6) is 0 Å². The molecule has 16 heavy (non-hydrogen) atoms. The zero-order chi connectivity index (χ0) is 12.0. The van der Waals surface area contributed by atoms with Crippen molar-refractivity contribution in [3.8, 4) is 0 Å². The molecule has 0 saturated heterocycles. The number of halogens is 1. The molecule has 1 N–H and O–H groups in total. The van der Waals surface area contributed by atoms with Gasteiger partial charge in [-0.2, -0.15) is 0 Å². The summed E-state index contributed by atoms with van der Waals surface area (Å²) in [5, 5.41) is 2.97. The van der Waals surface area contributed by atoms with Crippen molar-refractivity contribution < 1.29 is 4.79 Å². The molecule has 0 aliphatic heterocycles. The van der Waals surface area contributed by atoms with Gasteiger partial charge in [-0.3, -0.25) is 4.79 Å². The van der Waals surface area contributed by atoms with Crippen LogP contribution >= 0.6 is 11.6 Å². The Morgan fingerprint density at radius 3 is 3.00 bits per heavy atom. The molecule has 1 amide bonds. The molecule has 0 atom stereocenters. The molecule has 0 fully saturated rings. The van der Waals surface area contributed by atoms with E-state index in [1.165, 1.54) is 0 Å². The highest BCUT2D eigenvalue weighted by Gasteiger charge is 2.08. The van der Waals surface area contributed by atoms with Crippen LogP contribution < -0.4 is 10.2 Å². The van der Waals surface area contributed by atoms with E-state index in [1.807, 2.05) is 6.92 Å². The summed E-state index contributed by atoms with van der Waals surface area (Å²) in [6.45, 7) is 2.96. The second-order valence-electron chi connectivity index (χ2n) is 3.39. The predicted molar refractivity (Wildman–Crippen MR) is 63.6 cm³/mol. The normalized spacial score (nSPS) is 9.94. The molecule has 0 spiro atoms. The summed E-state index contributed by atoms with van der Waals surface area (Å²) in [6.07, 6.45) is 2.49. The Morgan fingerprint density at radius 2 is 2.38 bits per heavy atom. The molecule has 1 aromatic heterocycles. The summed E-state index contributed by atoms with van der Waals surface area (Å²) in [7, 11) is 1.78. The second-order valence-corrected chi connectivity index (χ2v) is 3.73. The van der Waals surface area contributed by atoms with Crippen LogP contribution in [0, 0.1) is 0 Å². The Kier molecular flexibility index (Phi) is 4.98.